The van der Waals surface area contributed by atoms with E-state index in [9.17, 15) is 27.2 Å². The molecule has 1 aromatic carbocycles. The number of aliphatic carboxylic acids is 1. The highest BCUT2D eigenvalue weighted by Crippen LogP contribution is 2.31. The van der Waals surface area contributed by atoms with Gasteiger partial charge in [0.25, 0.3) is 5.91 Å². The third-order valence-corrected chi connectivity index (χ3v) is 4.42. The van der Waals surface area contributed by atoms with E-state index in [1.807, 2.05) is 5.32 Å². The first-order valence-electron chi connectivity index (χ1n) is 6.37. The second-order valence-corrected chi connectivity index (χ2v) is 5.93. The van der Waals surface area contributed by atoms with Crippen LogP contribution < -0.4 is 5.32 Å². The van der Waals surface area contributed by atoms with Gasteiger partial charge in [-0.15, -0.1) is 11.3 Å². The van der Waals surface area contributed by atoms with E-state index in [2.05, 4.69) is 0 Å². The predicted octanol–water partition coefficient (Wildman–Crippen LogP) is 3.48. The van der Waals surface area contributed by atoms with Crippen molar-refractivity contribution in [3.8, 4) is 0 Å². The number of alkyl halides is 3. The van der Waals surface area contributed by atoms with Crippen LogP contribution in [0, 0.1) is 12.7 Å². The zero-order chi connectivity index (χ0) is 17.4. The zero-order valence-corrected chi connectivity index (χ0v) is 12.5. The first kappa shape index (κ1) is 17.2. The number of thiophene rings is 1. The molecular formula is C14H11F4NO3S. The maximum Gasteiger partial charge on any atom is 0.391 e. The molecule has 0 aliphatic heterocycles. The largest absolute Gasteiger partial charge is 0.480 e. The molecular weight excluding hydrogens is 338 g/mol. The van der Waals surface area contributed by atoms with Gasteiger partial charge in [0.2, 0.25) is 0 Å². The summed E-state index contributed by atoms with van der Waals surface area (Å²) in [5.41, 5.74) is 0.387. The maximum absolute atomic E-state index is 13.2. The molecule has 1 amide bonds. The average Bonchev–Trinajstić information content (AvgIpc) is 2.73. The number of hydrogen-bond acceptors (Lipinski definition) is 3. The summed E-state index contributed by atoms with van der Waals surface area (Å²) in [4.78, 5) is 23.0. The van der Waals surface area contributed by atoms with Crippen LogP contribution in [-0.2, 0) is 4.79 Å². The Morgan fingerprint density at radius 3 is 2.57 bits per heavy atom. The Labute approximate surface area is 131 Å². The smallest absolute Gasteiger partial charge is 0.391 e. The van der Waals surface area contributed by atoms with Crippen molar-refractivity contribution < 1.29 is 32.3 Å². The van der Waals surface area contributed by atoms with Gasteiger partial charge in [-0.1, -0.05) is 0 Å². The summed E-state index contributed by atoms with van der Waals surface area (Å²) >= 11 is 0.959. The van der Waals surface area contributed by atoms with Crippen LogP contribution in [0.2, 0.25) is 0 Å². The van der Waals surface area contributed by atoms with Crippen LogP contribution >= 0.6 is 11.3 Å². The van der Waals surface area contributed by atoms with Gasteiger partial charge in [-0.05, 0) is 36.1 Å². The van der Waals surface area contributed by atoms with E-state index in [1.54, 1.807) is 0 Å². The topological polar surface area (TPSA) is 66.4 Å². The van der Waals surface area contributed by atoms with E-state index in [0.29, 0.717) is 15.6 Å². The van der Waals surface area contributed by atoms with E-state index in [-0.39, 0.29) is 4.88 Å². The van der Waals surface area contributed by atoms with Gasteiger partial charge < -0.3 is 10.4 Å². The molecule has 0 spiro atoms. The molecule has 1 unspecified atom stereocenters. The van der Waals surface area contributed by atoms with Crippen molar-refractivity contribution in [1.82, 2.24) is 5.32 Å². The average molecular weight is 349 g/mol. The molecule has 1 heterocycles. The lowest BCUT2D eigenvalue weighted by molar-refractivity contribution is -0.157. The van der Waals surface area contributed by atoms with E-state index < -0.39 is 36.3 Å². The second kappa shape index (κ2) is 6.15. The summed E-state index contributed by atoms with van der Waals surface area (Å²) in [7, 11) is 0. The maximum atomic E-state index is 13.2. The normalized spacial score (nSPS) is 13.1. The molecule has 9 heteroatoms. The number of fused-ring (bicyclic) bond motifs is 1. The number of carboxylic acids is 1. The molecule has 0 aliphatic carbocycles. The quantitative estimate of drug-likeness (QED) is 0.831. The number of carbonyl (C=O) groups excluding carboxylic acids is 1. The number of carboxylic acid groups (broad SMARTS) is 1. The molecule has 1 atom stereocenters. The third-order valence-electron chi connectivity index (χ3n) is 3.14. The minimum Gasteiger partial charge on any atom is -0.480 e. The minimum atomic E-state index is -4.73. The van der Waals surface area contributed by atoms with Gasteiger partial charge in [-0.2, -0.15) is 13.2 Å². The lowest BCUT2D eigenvalue weighted by atomic mass is 10.1. The zero-order valence-electron chi connectivity index (χ0n) is 11.7. The molecule has 0 saturated carbocycles. The van der Waals surface area contributed by atoms with E-state index >= 15 is 0 Å². The fourth-order valence-electron chi connectivity index (χ4n) is 2.07. The molecule has 0 fully saturated rings. The predicted molar refractivity (Wildman–Crippen MR) is 76.1 cm³/mol. The minimum absolute atomic E-state index is 0.0547. The Morgan fingerprint density at radius 1 is 1.35 bits per heavy atom. The number of benzene rings is 1. The van der Waals surface area contributed by atoms with Crippen LogP contribution in [0.5, 0.6) is 0 Å². The lowest BCUT2D eigenvalue weighted by Gasteiger charge is -2.16. The Hall–Kier alpha value is -2.16. The summed E-state index contributed by atoms with van der Waals surface area (Å²) in [6.07, 6.45) is -6.40. The van der Waals surface area contributed by atoms with Crippen LogP contribution in [0.3, 0.4) is 0 Å². The number of aryl methyl sites for hydroxylation is 1. The monoisotopic (exact) mass is 349 g/mol. The van der Waals surface area contributed by atoms with Gasteiger partial charge in [0.15, 0.2) is 0 Å². The highest BCUT2D eigenvalue weighted by atomic mass is 32.1. The first-order valence-corrected chi connectivity index (χ1v) is 7.19. The van der Waals surface area contributed by atoms with Gasteiger partial charge in [-0.25, -0.2) is 9.18 Å². The standard InChI is InChI=1S/C14H11F4NO3S/c1-6-8-4-7(15)2-3-10(8)23-11(6)12(20)19-9(13(21)22)5-14(16,17)18/h2-4,9H,5H2,1H3,(H,19,20)(H,21,22). The first-order chi connectivity index (χ1) is 10.6. The van der Waals surface area contributed by atoms with Crippen molar-refractivity contribution in [3.63, 3.8) is 0 Å². The fourth-order valence-corrected chi connectivity index (χ4v) is 3.16. The Kier molecular flexibility index (Phi) is 4.60. The molecule has 2 aromatic rings. The molecule has 0 bridgehead atoms. The lowest BCUT2D eigenvalue weighted by Crippen LogP contribution is -2.43. The summed E-state index contributed by atoms with van der Waals surface area (Å²) < 4.78 is 50.9. The molecule has 4 nitrogen and oxygen atoms in total. The second-order valence-electron chi connectivity index (χ2n) is 4.88. The number of halogens is 4. The number of carbonyl (C=O) groups is 2. The number of rotatable bonds is 4. The molecule has 23 heavy (non-hydrogen) atoms. The van der Waals surface area contributed by atoms with Crippen molar-refractivity contribution in [2.45, 2.75) is 25.6 Å². The van der Waals surface area contributed by atoms with Crippen LogP contribution in [0.25, 0.3) is 10.1 Å². The van der Waals surface area contributed by atoms with Crippen LogP contribution in [-0.4, -0.2) is 29.2 Å². The van der Waals surface area contributed by atoms with Crippen molar-refractivity contribution in [2.75, 3.05) is 0 Å². The highest BCUT2D eigenvalue weighted by Gasteiger charge is 2.36. The third kappa shape index (κ3) is 3.98. The number of hydrogen-bond donors (Lipinski definition) is 2. The summed E-state index contributed by atoms with van der Waals surface area (Å²) in [5.74, 6) is -3.22. The van der Waals surface area contributed by atoms with Crippen molar-refractivity contribution >= 4 is 33.3 Å². The molecule has 2 rings (SSSR count). The number of amides is 1. The molecule has 124 valence electrons. The van der Waals surface area contributed by atoms with E-state index in [0.717, 1.165) is 11.3 Å². The van der Waals surface area contributed by atoms with Crippen molar-refractivity contribution in [3.05, 3.63) is 34.5 Å². The van der Waals surface area contributed by atoms with Crippen LogP contribution in [0.4, 0.5) is 17.6 Å². The molecule has 0 radical (unpaired) electrons. The van der Waals surface area contributed by atoms with Crippen molar-refractivity contribution in [2.24, 2.45) is 0 Å². The van der Waals surface area contributed by atoms with Gasteiger partial charge in [0.1, 0.15) is 11.9 Å². The molecule has 0 saturated heterocycles. The fraction of sp³-hybridized carbons (Fsp3) is 0.286. The summed E-state index contributed by atoms with van der Waals surface area (Å²) in [6.45, 7) is 1.52. The van der Waals surface area contributed by atoms with Crippen LogP contribution in [0.1, 0.15) is 21.7 Å². The Bertz CT molecular complexity index is 769. The molecule has 1 aromatic heterocycles. The Balaban J connectivity index is 2.29. The van der Waals surface area contributed by atoms with E-state index in [1.165, 1.54) is 25.1 Å². The van der Waals surface area contributed by atoms with Gasteiger partial charge >= 0.3 is 12.1 Å². The Morgan fingerprint density at radius 2 is 2.00 bits per heavy atom. The SMILES string of the molecule is Cc1c(C(=O)NC(CC(F)(F)F)C(=O)O)sc2ccc(F)cc12. The number of nitrogens with one attached hydrogen (secondary N) is 1. The molecule has 0 aliphatic rings. The van der Waals surface area contributed by atoms with Crippen molar-refractivity contribution in [1.29, 1.82) is 0 Å². The summed E-state index contributed by atoms with van der Waals surface area (Å²) in [5, 5.41) is 11.1. The molecule has 2 N–H and O–H groups in total. The van der Waals surface area contributed by atoms with Crippen LogP contribution in [0.15, 0.2) is 18.2 Å². The van der Waals surface area contributed by atoms with Gasteiger partial charge in [-0.3, -0.25) is 4.79 Å². The van der Waals surface area contributed by atoms with Gasteiger partial charge in [0.05, 0.1) is 11.3 Å². The summed E-state index contributed by atoms with van der Waals surface area (Å²) in [6, 6.07) is 1.78. The van der Waals surface area contributed by atoms with Gasteiger partial charge in [0, 0.05) is 4.70 Å². The highest BCUT2D eigenvalue weighted by molar-refractivity contribution is 7.21. The van der Waals surface area contributed by atoms with E-state index in [4.69, 9.17) is 5.11 Å².